The third kappa shape index (κ3) is 3.30. The highest BCUT2D eigenvalue weighted by Gasteiger charge is 2.34. The molecule has 1 unspecified atom stereocenters. The van der Waals surface area contributed by atoms with Crippen molar-refractivity contribution in [3.05, 3.63) is 17.4 Å². The van der Waals surface area contributed by atoms with Gasteiger partial charge in [-0.15, -0.1) is 0 Å². The first-order valence-corrected chi connectivity index (χ1v) is 7.91. The number of rotatable bonds is 3. The first-order chi connectivity index (χ1) is 8.35. The van der Waals surface area contributed by atoms with Crippen LogP contribution in [0.3, 0.4) is 0 Å². The zero-order valence-corrected chi connectivity index (χ0v) is 11.4. The summed E-state index contributed by atoms with van der Waals surface area (Å²) in [7, 11) is 1.56. The molecular weight excluding hydrogens is 301 g/mol. The van der Waals surface area contributed by atoms with E-state index < -0.39 is 9.05 Å². The van der Waals surface area contributed by atoms with Crippen LogP contribution in [-0.2, 0) is 13.8 Å². The van der Waals surface area contributed by atoms with Crippen molar-refractivity contribution in [2.24, 2.45) is 5.92 Å². The summed E-state index contributed by atoms with van der Waals surface area (Å²) in [5, 5.41) is 0.366. The van der Waals surface area contributed by atoms with E-state index in [1.54, 1.807) is 0 Å². The molecule has 0 aliphatic carbocycles. The van der Waals surface area contributed by atoms with Crippen molar-refractivity contribution < 1.29 is 13.2 Å². The summed E-state index contributed by atoms with van der Waals surface area (Å²) in [5.41, 5.74) is 0. The van der Waals surface area contributed by atoms with Gasteiger partial charge in [-0.25, -0.2) is 18.4 Å². The molecule has 0 radical (unpaired) electrons. The van der Waals surface area contributed by atoms with Gasteiger partial charge in [-0.1, -0.05) is 11.6 Å². The maximum Gasteiger partial charge on any atom is 0.232 e. The van der Waals surface area contributed by atoms with Crippen molar-refractivity contribution in [3.63, 3.8) is 0 Å². The number of aromatic nitrogens is 2. The second-order valence-electron chi connectivity index (χ2n) is 3.98. The molecule has 1 aliphatic rings. The zero-order valence-electron chi connectivity index (χ0n) is 9.08. The summed E-state index contributed by atoms with van der Waals surface area (Å²) in [4.78, 5) is 20.9. The van der Waals surface area contributed by atoms with Crippen LogP contribution in [0.2, 0.25) is 5.02 Å². The Hall–Kier alpha value is -0.920. The fourth-order valence-corrected chi connectivity index (χ4v) is 3.23. The molecule has 1 aliphatic heterocycles. The maximum atomic E-state index is 11.7. The SMILES string of the molecule is O=C1CC(CS(=O)(=O)Cl)CN1c1ncc(Cl)cn1. The van der Waals surface area contributed by atoms with Gasteiger partial charge in [-0.2, -0.15) is 0 Å². The maximum absolute atomic E-state index is 11.7. The number of hydrogen-bond acceptors (Lipinski definition) is 5. The van der Waals surface area contributed by atoms with E-state index in [2.05, 4.69) is 9.97 Å². The van der Waals surface area contributed by atoms with Crippen molar-refractivity contribution in [1.29, 1.82) is 0 Å². The van der Waals surface area contributed by atoms with E-state index in [0.29, 0.717) is 5.02 Å². The lowest BCUT2D eigenvalue weighted by atomic mass is 10.1. The summed E-state index contributed by atoms with van der Waals surface area (Å²) in [6.07, 6.45) is 2.88. The van der Waals surface area contributed by atoms with Gasteiger partial charge in [-0.05, 0) is 0 Å². The Morgan fingerprint density at radius 1 is 1.39 bits per heavy atom. The predicted octanol–water partition coefficient (Wildman–Crippen LogP) is 1.05. The fourth-order valence-electron chi connectivity index (χ4n) is 1.81. The molecule has 0 N–H and O–H groups in total. The Morgan fingerprint density at radius 3 is 2.56 bits per heavy atom. The zero-order chi connectivity index (χ0) is 13.3. The number of carbonyl (C=O) groups is 1. The van der Waals surface area contributed by atoms with E-state index in [1.807, 2.05) is 0 Å². The predicted molar refractivity (Wildman–Crippen MR) is 67.1 cm³/mol. The van der Waals surface area contributed by atoms with Crippen molar-refractivity contribution in [2.45, 2.75) is 6.42 Å². The van der Waals surface area contributed by atoms with Crippen LogP contribution in [0.15, 0.2) is 12.4 Å². The third-order valence-corrected chi connectivity index (χ3v) is 3.93. The van der Waals surface area contributed by atoms with E-state index in [4.69, 9.17) is 22.3 Å². The normalized spacial score (nSPS) is 20.4. The molecule has 1 aromatic rings. The summed E-state index contributed by atoms with van der Waals surface area (Å²) in [5.74, 6) is -0.564. The Labute approximate surface area is 113 Å². The minimum atomic E-state index is -3.61. The van der Waals surface area contributed by atoms with Crippen LogP contribution in [0.5, 0.6) is 0 Å². The van der Waals surface area contributed by atoms with Gasteiger partial charge in [0.15, 0.2) is 0 Å². The minimum Gasteiger partial charge on any atom is -0.280 e. The van der Waals surface area contributed by atoms with E-state index in [0.717, 1.165) is 0 Å². The number of carbonyl (C=O) groups excluding carboxylic acids is 1. The summed E-state index contributed by atoms with van der Waals surface area (Å²) >= 11 is 5.65. The van der Waals surface area contributed by atoms with E-state index >= 15 is 0 Å². The average Bonchev–Trinajstić information content (AvgIpc) is 2.58. The number of hydrogen-bond donors (Lipinski definition) is 0. The first-order valence-electron chi connectivity index (χ1n) is 5.05. The highest BCUT2D eigenvalue weighted by molar-refractivity contribution is 8.13. The molecule has 18 heavy (non-hydrogen) atoms. The van der Waals surface area contributed by atoms with Crippen molar-refractivity contribution >= 4 is 43.2 Å². The highest BCUT2D eigenvalue weighted by Crippen LogP contribution is 2.24. The third-order valence-electron chi connectivity index (χ3n) is 2.49. The molecule has 9 heteroatoms. The number of halogens is 2. The number of nitrogens with zero attached hydrogens (tertiary/aromatic N) is 3. The summed E-state index contributed by atoms with van der Waals surface area (Å²) in [6, 6.07) is 0. The standard InChI is InChI=1S/C9H9Cl2N3O3S/c10-7-2-12-9(13-3-7)14-4-6(1-8(14)15)5-18(11,16)17/h2-3,6H,1,4-5H2. The Kier molecular flexibility index (Phi) is 3.74. The molecule has 1 fully saturated rings. The van der Waals surface area contributed by atoms with E-state index in [1.165, 1.54) is 17.3 Å². The Bertz CT molecular complexity index is 561. The van der Waals surface area contributed by atoms with Crippen molar-refractivity contribution in [3.8, 4) is 0 Å². The van der Waals surface area contributed by atoms with Gasteiger partial charge in [-0.3, -0.25) is 9.69 Å². The van der Waals surface area contributed by atoms with Crippen molar-refractivity contribution in [1.82, 2.24) is 9.97 Å². The molecule has 98 valence electrons. The molecule has 1 amide bonds. The second-order valence-corrected chi connectivity index (χ2v) is 7.24. The molecule has 0 bridgehead atoms. The molecule has 1 saturated heterocycles. The lowest BCUT2D eigenvalue weighted by Gasteiger charge is -2.13. The quantitative estimate of drug-likeness (QED) is 0.780. The molecular formula is C9H9Cl2N3O3S. The van der Waals surface area contributed by atoms with Gasteiger partial charge in [0, 0.05) is 29.6 Å². The van der Waals surface area contributed by atoms with Crippen LogP contribution in [-0.4, -0.2) is 36.6 Å². The molecule has 1 atom stereocenters. The lowest BCUT2D eigenvalue weighted by molar-refractivity contribution is -0.117. The van der Waals surface area contributed by atoms with E-state index in [-0.39, 0.29) is 36.5 Å². The first kappa shape index (κ1) is 13.5. The monoisotopic (exact) mass is 309 g/mol. The van der Waals surface area contributed by atoms with Crippen LogP contribution >= 0.6 is 22.3 Å². The van der Waals surface area contributed by atoms with Gasteiger partial charge in [0.2, 0.25) is 20.9 Å². The molecule has 2 heterocycles. The molecule has 0 aromatic carbocycles. The molecule has 0 spiro atoms. The van der Waals surface area contributed by atoms with E-state index in [9.17, 15) is 13.2 Å². The van der Waals surface area contributed by atoms with Crippen LogP contribution in [0.4, 0.5) is 5.95 Å². The fraction of sp³-hybridized carbons (Fsp3) is 0.444. The van der Waals surface area contributed by atoms with Crippen molar-refractivity contribution in [2.75, 3.05) is 17.2 Å². The topological polar surface area (TPSA) is 80.2 Å². The van der Waals surface area contributed by atoms with Gasteiger partial charge >= 0.3 is 0 Å². The average molecular weight is 310 g/mol. The molecule has 2 rings (SSSR count). The molecule has 0 saturated carbocycles. The smallest absolute Gasteiger partial charge is 0.232 e. The van der Waals surface area contributed by atoms with Gasteiger partial charge in [0.25, 0.3) is 0 Å². The van der Waals surface area contributed by atoms with Gasteiger partial charge in [0.1, 0.15) is 0 Å². The summed E-state index contributed by atoms with van der Waals surface area (Å²) < 4.78 is 21.9. The Morgan fingerprint density at radius 2 is 2.00 bits per heavy atom. The molecule has 6 nitrogen and oxygen atoms in total. The number of amides is 1. The number of anilines is 1. The van der Waals surface area contributed by atoms with Gasteiger partial charge < -0.3 is 0 Å². The largest absolute Gasteiger partial charge is 0.280 e. The second kappa shape index (κ2) is 4.99. The lowest BCUT2D eigenvalue weighted by Crippen LogP contribution is -2.27. The summed E-state index contributed by atoms with van der Waals surface area (Å²) in [6.45, 7) is 0.242. The van der Waals surface area contributed by atoms with Crippen LogP contribution in [0.1, 0.15) is 6.42 Å². The van der Waals surface area contributed by atoms with Crippen LogP contribution in [0.25, 0.3) is 0 Å². The Balaban J connectivity index is 2.12. The highest BCUT2D eigenvalue weighted by atomic mass is 35.7. The van der Waals surface area contributed by atoms with Crippen LogP contribution < -0.4 is 4.90 Å². The minimum absolute atomic E-state index is 0.123. The molecule has 1 aromatic heterocycles. The van der Waals surface area contributed by atoms with Crippen LogP contribution in [0, 0.1) is 5.92 Å². The van der Waals surface area contributed by atoms with Gasteiger partial charge in [0.05, 0.1) is 23.2 Å².